The van der Waals surface area contributed by atoms with Crippen LogP contribution in [0.4, 0.5) is 11.4 Å². The number of nitro benzene ring substituents is 1. The van der Waals surface area contributed by atoms with E-state index in [1.165, 1.54) is 24.3 Å². The lowest BCUT2D eigenvalue weighted by Crippen LogP contribution is -2.13. The van der Waals surface area contributed by atoms with Gasteiger partial charge in [0.05, 0.1) is 4.92 Å². The Bertz CT molecular complexity index is 1140. The predicted octanol–water partition coefficient (Wildman–Crippen LogP) is 3.56. The van der Waals surface area contributed by atoms with E-state index in [1.54, 1.807) is 25.4 Å². The molecule has 0 bridgehead atoms. The van der Waals surface area contributed by atoms with Gasteiger partial charge in [0.2, 0.25) is 0 Å². The summed E-state index contributed by atoms with van der Waals surface area (Å²) < 4.78 is 36.0. The SMILES string of the molecule is Cc1cc(OCCNc2ccncc2)cc(OS(=O)(=O)c2ccccc2[N+](=O)[O-])c1. The van der Waals surface area contributed by atoms with E-state index in [9.17, 15) is 18.5 Å². The number of nitrogens with zero attached hydrogens (tertiary/aromatic N) is 2. The summed E-state index contributed by atoms with van der Waals surface area (Å²) in [7, 11) is -4.40. The molecule has 156 valence electrons. The highest BCUT2D eigenvalue weighted by molar-refractivity contribution is 7.87. The topological polar surface area (TPSA) is 121 Å². The zero-order valence-electron chi connectivity index (χ0n) is 16.0. The molecule has 0 saturated heterocycles. The summed E-state index contributed by atoms with van der Waals surface area (Å²) in [5.41, 5.74) is 1.06. The number of aryl methyl sites for hydroxylation is 1. The number of anilines is 1. The molecule has 9 nitrogen and oxygen atoms in total. The minimum atomic E-state index is -4.40. The summed E-state index contributed by atoms with van der Waals surface area (Å²) in [6.45, 7) is 2.59. The molecule has 0 aliphatic rings. The Morgan fingerprint density at radius 1 is 1.07 bits per heavy atom. The van der Waals surface area contributed by atoms with Crippen LogP contribution in [0, 0.1) is 17.0 Å². The van der Waals surface area contributed by atoms with Gasteiger partial charge in [-0.05, 0) is 42.8 Å². The highest BCUT2D eigenvalue weighted by Gasteiger charge is 2.27. The minimum absolute atomic E-state index is 0.00486. The van der Waals surface area contributed by atoms with Gasteiger partial charge in [0.15, 0.2) is 4.90 Å². The molecule has 0 unspecified atom stereocenters. The molecule has 1 N–H and O–H groups in total. The molecule has 3 rings (SSSR count). The van der Waals surface area contributed by atoms with E-state index in [4.69, 9.17) is 8.92 Å². The fourth-order valence-electron chi connectivity index (χ4n) is 2.67. The Kier molecular flexibility index (Phi) is 6.48. The zero-order valence-corrected chi connectivity index (χ0v) is 16.8. The molecule has 2 aromatic carbocycles. The van der Waals surface area contributed by atoms with Gasteiger partial charge in [-0.15, -0.1) is 0 Å². The van der Waals surface area contributed by atoms with Crippen LogP contribution in [0.2, 0.25) is 0 Å². The monoisotopic (exact) mass is 429 g/mol. The highest BCUT2D eigenvalue weighted by atomic mass is 32.2. The molecule has 0 aliphatic carbocycles. The average Bonchev–Trinajstić information content (AvgIpc) is 2.71. The van der Waals surface area contributed by atoms with Crippen molar-refractivity contribution in [1.29, 1.82) is 0 Å². The summed E-state index contributed by atoms with van der Waals surface area (Å²) in [6.07, 6.45) is 3.34. The molecule has 0 aliphatic heterocycles. The lowest BCUT2D eigenvalue weighted by molar-refractivity contribution is -0.387. The van der Waals surface area contributed by atoms with Crippen LogP contribution in [0.1, 0.15) is 5.56 Å². The van der Waals surface area contributed by atoms with Gasteiger partial charge in [0.1, 0.15) is 18.1 Å². The summed E-state index contributed by atoms with van der Waals surface area (Å²) in [4.78, 5) is 13.8. The van der Waals surface area contributed by atoms with Gasteiger partial charge in [-0.1, -0.05) is 12.1 Å². The van der Waals surface area contributed by atoms with Crippen LogP contribution >= 0.6 is 0 Å². The fourth-order valence-corrected chi connectivity index (χ4v) is 3.75. The van der Waals surface area contributed by atoms with E-state index >= 15 is 0 Å². The normalized spacial score (nSPS) is 11.0. The maximum Gasteiger partial charge on any atom is 0.346 e. The number of nitrogens with one attached hydrogen (secondary N) is 1. The van der Waals surface area contributed by atoms with Crippen molar-refractivity contribution in [2.24, 2.45) is 0 Å². The second-order valence-corrected chi connectivity index (χ2v) is 7.77. The van der Waals surface area contributed by atoms with E-state index in [1.807, 2.05) is 12.1 Å². The third-order valence-corrected chi connectivity index (χ3v) is 5.24. The highest BCUT2D eigenvalue weighted by Crippen LogP contribution is 2.29. The van der Waals surface area contributed by atoms with Crippen molar-refractivity contribution < 1.29 is 22.3 Å². The summed E-state index contributed by atoms with van der Waals surface area (Å²) in [5.74, 6) is 0.421. The fraction of sp³-hybridized carbons (Fsp3) is 0.150. The molecule has 0 radical (unpaired) electrons. The van der Waals surface area contributed by atoms with Gasteiger partial charge in [-0.2, -0.15) is 8.42 Å². The molecular formula is C20H19N3O6S. The number of pyridine rings is 1. The van der Waals surface area contributed by atoms with Crippen LogP contribution in [0.5, 0.6) is 11.5 Å². The smallest absolute Gasteiger partial charge is 0.346 e. The maximum absolute atomic E-state index is 12.6. The van der Waals surface area contributed by atoms with Gasteiger partial charge in [-0.3, -0.25) is 15.1 Å². The Morgan fingerprint density at radius 3 is 2.50 bits per heavy atom. The molecule has 30 heavy (non-hydrogen) atoms. The van der Waals surface area contributed by atoms with Crippen molar-refractivity contribution in [3.8, 4) is 11.5 Å². The summed E-state index contributed by atoms with van der Waals surface area (Å²) in [5, 5.41) is 14.3. The van der Waals surface area contributed by atoms with Crippen LogP contribution in [-0.2, 0) is 10.1 Å². The first-order chi connectivity index (χ1) is 14.3. The quantitative estimate of drug-likeness (QED) is 0.237. The molecule has 0 saturated carbocycles. The Morgan fingerprint density at radius 2 is 1.77 bits per heavy atom. The lowest BCUT2D eigenvalue weighted by Gasteiger charge is -2.12. The second kappa shape index (κ2) is 9.23. The molecule has 0 spiro atoms. The van der Waals surface area contributed by atoms with Gasteiger partial charge < -0.3 is 14.2 Å². The van der Waals surface area contributed by atoms with Crippen LogP contribution in [-0.4, -0.2) is 31.5 Å². The Labute approximate surface area is 173 Å². The van der Waals surface area contributed by atoms with Gasteiger partial charge in [0.25, 0.3) is 5.69 Å². The predicted molar refractivity (Wildman–Crippen MR) is 110 cm³/mol. The molecular weight excluding hydrogens is 410 g/mol. The van der Waals surface area contributed by atoms with E-state index < -0.39 is 25.6 Å². The van der Waals surface area contributed by atoms with E-state index in [2.05, 4.69) is 10.3 Å². The van der Waals surface area contributed by atoms with E-state index in [-0.39, 0.29) is 5.75 Å². The molecule has 0 atom stereocenters. The van der Waals surface area contributed by atoms with Crippen molar-refractivity contribution in [2.45, 2.75) is 11.8 Å². The van der Waals surface area contributed by atoms with Crippen molar-refractivity contribution in [1.82, 2.24) is 4.98 Å². The number of hydrogen-bond acceptors (Lipinski definition) is 8. The first-order valence-electron chi connectivity index (χ1n) is 8.91. The molecule has 10 heteroatoms. The van der Waals surface area contributed by atoms with Crippen LogP contribution in [0.15, 0.2) is 71.9 Å². The first-order valence-corrected chi connectivity index (χ1v) is 10.3. The number of nitro groups is 1. The number of aromatic nitrogens is 1. The standard InChI is InChI=1S/C20H19N3O6S/c1-15-12-17(28-11-10-22-16-6-8-21-9-7-16)14-18(13-15)29-30(26,27)20-5-3-2-4-19(20)23(24)25/h2-9,12-14H,10-11H2,1H3,(H,21,22). The second-order valence-electron chi connectivity index (χ2n) is 6.26. The third kappa shape index (κ3) is 5.45. The maximum atomic E-state index is 12.6. The van der Waals surface area contributed by atoms with Gasteiger partial charge in [0, 0.05) is 36.8 Å². The van der Waals surface area contributed by atoms with Crippen LogP contribution in [0.25, 0.3) is 0 Å². The van der Waals surface area contributed by atoms with Crippen LogP contribution in [0.3, 0.4) is 0 Å². The summed E-state index contributed by atoms with van der Waals surface area (Å²) >= 11 is 0. The van der Waals surface area contributed by atoms with Gasteiger partial charge in [-0.25, -0.2) is 0 Å². The summed E-state index contributed by atoms with van der Waals surface area (Å²) in [6, 6.07) is 13.3. The van der Waals surface area contributed by atoms with Gasteiger partial charge >= 0.3 is 10.1 Å². The molecule has 0 fully saturated rings. The van der Waals surface area contributed by atoms with Crippen molar-refractivity contribution in [3.05, 3.63) is 82.7 Å². The zero-order chi connectivity index (χ0) is 21.6. The number of rotatable bonds is 9. The van der Waals surface area contributed by atoms with E-state index in [0.717, 1.165) is 17.8 Å². The largest absolute Gasteiger partial charge is 0.492 e. The Hall–Kier alpha value is -3.66. The number of para-hydroxylation sites is 1. The van der Waals surface area contributed by atoms with Crippen molar-refractivity contribution in [2.75, 3.05) is 18.5 Å². The first kappa shape index (κ1) is 21.1. The average molecular weight is 429 g/mol. The number of ether oxygens (including phenoxy) is 1. The lowest BCUT2D eigenvalue weighted by atomic mass is 10.2. The van der Waals surface area contributed by atoms with E-state index in [0.29, 0.717) is 24.5 Å². The third-order valence-electron chi connectivity index (χ3n) is 3.94. The van der Waals surface area contributed by atoms with Crippen molar-refractivity contribution >= 4 is 21.5 Å². The molecule has 0 amide bonds. The van der Waals surface area contributed by atoms with Crippen LogP contribution < -0.4 is 14.2 Å². The van der Waals surface area contributed by atoms with Crippen molar-refractivity contribution in [3.63, 3.8) is 0 Å². The molecule has 1 aromatic heterocycles. The Balaban J connectivity index is 1.70. The number of hydrogen-bond donors (Lipinski definition) is 1. The molecule has 3 aromatic rings. The minimum Gasteiger partial charge on any atom is -0.492 e. The number of benzene rings is 2. The molecule has 1 heterocycles.